The first kappa shape index (κ1) is 15.4. The van der Waals surface area contributed by atoms with Crippen LogP contribution in [0.4, 0.5) is 13.2 Å². The molecule has 0 aliphatic heterocycles. The molecule has 0 aromatic carbocycles. The van der Waals surface area contributed by atoms with Crippen LogP contribution in [0.15, 0.2) is 24.5 Å². The monoisotopic (exact) mass is 291 g/mol. The molecule has 1 heterocycles. The van der Waals surface area contributed by atoms with Crippen LogP contribution >= 0.6 is 12.2 Å². The molecule has 1 aromatic rings. The Morgan fingerprint density at radius 3 is 2.63 bits per heavy atom. The lowest BCUT2D eigenvalue weighted by Crippen LogP contribution is -2.42. The van der Waals surface area contributed by atoms with Gasteiger partial charge in [-0.3, -0.25) is 9.78 Å². The minimum Gasteiger partial charge on any atom is -0.393 e. The van der Waals surface area contributed by atoms with Crippen LogP contribution in [0, 0.1) is 0 Å². The molecule has 4 nitrogen and oxygen atoms in total. The smallest absolute Gasteiger partial charge is 0.393 e. The van der Waals surface area contributed by atoms with Crippen molar-refractivity contribution in [2.24, 2.45) is 5.73 Å². The van der Waals surface area contributed by atoms with Crippen LogP contribution < -0.4 is 5.73 Å². The largest absolute Gasteiger partial charge is 0.471 e. The highest BCUT2D eigenvalue weighted by molar-refractivity contribution is 7.80. The van der Waals surface area contributed by atoms with Crippen molar-refractivity contribution in [2.75, 3.05) is 6.54 Å². The molecular formula is C11H12F3N3OS. The van der Waals surface area contributed by atoms with Crippen molar-refractivity contribution in [3.05, 3.63) is 30.1 Å². The molecule has 0 atom stereocenters. The van der Waals surface area contributed by atoms with Crippen molar-refractivity contribution in [3.63, 3.8) is 0 Å². The van der Waals surface area contributed by atoms with Gasteiger partial charge in [-0.25, -0.2) is 0 Å². The quantitative estimate of drug-likeness (QED) is 0.838. The molecular weight excluding hydrogens is 279 g/mol. The number of hydrogen-bond donors (Lipinski definition) is 1. The lowest BCUT2D eigenvalue weighted by Gasteiger charge is -2.23. The molecule has 1 amide bonds. The molecule has 0 spiro atoms. The van der Waals surface area contributed by atoms with Gasteiger partial charge in [0.25, 0.3) is 0 Å². The van der Waals surface area contributed by atoms with Crippen molar-refractivity contribution in [2.45, 2.75) is 19.1 Å². The lowest BCUT2D eigenvalue weighted by molar-refractivity contribution is -0.186. The number of nitrogens with zero attached hydrogens (tertiary/aromatic N) is 2. The van der Waals surface area contributed by atoms with Crippen molar-refractivity contribution in [3.8, 4) is 0 Å². The third kappa shape index (κ3) is 5.21. The maximum Gasteiger partial charge on any atom is 0.471 e. The summed E-state index contributed by atoms with van der Waals surface area (Å²) in [6.07, 6.45) is -1.98. The molecule has 0 saturated carbocycles. The summed E-state index contributed by atoms with van der Waals surface area (Å²) in [5.41, 5.74) is 5.75. The Morgan fingerprint density at radius 1 is 1.47 bits per heavy atom. The zero-order valence-electron chi connectivity index (χ0n) is 9.85. The van der Waals surface area contributed by atoms with Gasteiger partial charge in [0.15, 0.2) is 0 Å². The number of halogens is 3. The van der Waals surface area contributed by atoms with Crippen LogP contribution in [0.25, 0.3) is 0 Å². The van der Waals surface area contributed by atoms with E-state index in [4.69, 9.17) is 5.73 Å². The summed E-state index contributed by atoms with van der Waals surface area (Å²) in [6, 6.07) is 3.17. The molecule has 0 radical (unpaired) electrons. The van der Waals surface area contributed by atoms with Crippen molar-refractivity contribution in [1.29, 1.82) is 0 Å². The van der Waals surface area contributed by atoms with Gasteiger partial charge in [0.1, 0.15) is 0 Å². The Bertz CT molecular complexity index is 450. The molecule has 1 aromatic heterocycles. The molecule has 19 heavy (non-hydrogen) atoms. The number of carbonyl (C=O) groups is 1. The number of rotatable bonds is 5. The van der Waals surface area contributed by atoms with Gasteiger partial charge in [-0.2, -0.15) is 13.2 Å². The number of alkyl halides is 3. The van der Waals surface area contributed by atoms with E-state index in [-0.39, 0.29) is 24.5 Å². The first-order valence-corrected chi connectivity index (χ1v) is 5.75. The summed E-state index contributed by atoms with van der Waals surface area (Å²) in [7, 11) is 0. The van der Waals surface area contributed by atoms with E-state index >= 15 is 0 Å². The zero-order valence-corrected chi connectivity index (χ0v) is 10.7. The molecule has 0 aliphatic rings. The van der Waals surface area contributed by atoms with Gasteiger partial charge in [0.05, 0.1) is 4.99 Å². The summed E-state index contributed by atoms with van der Waals surface area (Å²) in [6.45, 7) is -0.364. The van der Waals surface area contributed by atoms with E-state index in [9.17, 15) is 18.0 Å². The predicted molar refractivity (Wildman–Crippen MR) is 67.1 cm³/mol. The number of carbonyl (C=O) groups excluding carboxylic acids is 1. The van der Waals surface area contributed by atoms with Crippen LogP contribution in [0.2, 0.25) is 0 Å². The first-order chi connectivity index (χ1) is 8.80. The van der Waals surface area contributed by atoms with E-state index < -0.39 is 12.1 Å². The lowest BCUT2D eigenvalue weighted by atomic mass is 10.2. The molecule has 8 heteroatoms. The van der Waals surface area contributed by atoms with Crippen LogP contribution in [-0.4, -0.2) is 33.5 Å². The fourth-order valence-corrected chi connectivity index (χ4v) is 1.48. The normalized spacial score (nSPS) is 11.1. The zero-order chi connectivity index (χ0) is 14.5. The minimum atomic E-state index is -4.92. The number of pyridine rings is 1. The second-order valence-electron chi connectivity index (χ2n) is 3.80. The molecule has 1 rings (SSSR count). The van der Waals surface area contributed by atoms with E-state index in [1.54, 1.807) is 12.1 Å². The molecule has 104 valence electrons. The highest BCUT2D eigenvalue weighted by Crippen LogP contribution is 2.20. The number of hydrogen-bond acceptors (Lipinski definition) is 3. The summed E-state index contributed by atoms with van der Waals surface area (Å²) >= 11 is 4.60. The molecule has 0 saturated heterocycles. The Labute approximate surface area is 113 Å². The number of nitrogens with two attached hydrogens (primary N) is 1. The average molecular weight is 291 g/mol. The molecule has 0 aliphatic carbocycles. The van der Waals surface area contributed by atoms with Crippen LogP contribution in [0.5, 0.6) is 0 Å². The number of amides is 1. The van der Waals surface area contributed by atoms with Crippen molar-refractivity contribution < 1.29 is 18.0 Å². The summed E-state index contributed by atoms with van der Waals surface area (Å²) < 4.78 is 37.4. The van der Waals surface area contributed by atoms with Gasteiger partial charge in [-0.15, -0.1) is 0 Å². The van der Waals surface area contributed by atoms with Gasteiger partial charge in [0, 0.05) is 31.9 Å². The highest BCUT2D eigenvalue weighted by Gasteiger charge is 2.42. The van der Waals surface area contributed by atoms with E-state index in [1.165, 1.54) is 12.4 Å². The van der Waals surface area contributed by atoms with Crippen molar-refractivity contribution in [1.82, 2.24) is 9.88 Å². The summed E-state index contributed by atoms with van der Waals surface area (Å²) in [4.78, 5) is 15.8. The van der Waals surface area contributed by atoms with Gasteiger partial charge in [-0.1, -0.05) is 18.3 Å². The predicted octanol–water partition coefficient (Wildman–Crippen LogP) is 1.65. The van der Waals surface area contributed by atoms with E-state index in [1.807, 2.05) is 0 Å². The molecule has 0 fully saturated rings. The van der Waals surface area contributed by atoms with Gasteiger partial charge < -0.3 is 10.6 Å². The first-order valence-electron chi connectivity index (χ1n) is 5.34. The maximum atomic E-state index is 12.5. The van der Waals surface area contributed by atoms with Gasteiger partial charge in [-0.05, 0) is 11.6 Å². The second-order valence-corrected chi connectivity index (χ2v) is 4.33. The van der Waals surface area contributed by atoms with Crippen LogP contribution in [0.3, 0.4) is 0 Å². The van der Waals surface area contributed by atoms with Crippen molar-refractivity contribution >= 4 is 23.1 Å². The minimum absolute atomic E-state index is 0.0391. The molecule has 2 N–H and O–H groups in total. The third-order valence-electron chi connectivity index (χ3n) is 2.25. The Morgan fingerprint density at radius 2 is 2.16 bits per heavy atom. The van der Waals surface area contributed by atoms with Gasteiger partial charge in [0.2, 0.25) is 0 Å². The summed E-state index contributed by atoms with van der Waals surface area (Å²) in [5, 5.41) is 0. The van der Waals surface area contributed by atoms with E-state index in [2.05, 4.69) is 17.2 Å². The van der Waals surface area contributed by atoms with Crippen LogP contribution in [0.1, 0.15) is 12.0 Å². The molecule has 0 unspecified atom stereocenters. The third-order valence-corrected chi connectivity index (χ3v) is 2.46. The average Bonchev–Trinajstić information content (AvgIpc) is 2.33. The SMILES string of the molecule is NC(=S)CCN(Cc1cccnc1)C(=O)C(F)(F)F. The topological polar surface area (TPSA) is 59.2 Å². The highest BCUT2D eigenvalue weighted by atomic mass is 32.1. The Kier molecular flexibility index (Phi) is 5.22. The fraction of sp³-hybridized carbons (Fsp3) is 0.364. The van der Waals surface area contributed by atoms with E-state index in [0.717, 1.165) is 0 Å². The van der Waals surface area contributed by atoms with Crippen LogP contribution in [-0.2, 0) is 11.3 Å². The van der Waals surface area contributed by atoms with Gasteiger partial charge >= 0.3 is 12.1 Å². The Hall–Kier alpha value is -1.70. The second kappa shape index (κ2) is 6.46. The molecule has 0 bridgehead atoms. The maximum absolute atomic E-state index is 12.5. The Balaban J connectivity index is 2.80. The van der Waals surface area contributed by atoms with E-state index in [0.29, 0.717) is 10.5 Å². The standard InChI is InChI=1S/C11H12F3N3OS/c12-11(13,14)10(18)17(5-3-9(15)19)7-8-2-1-4-16-6-8/h1-2,4,6H,3,5,7H2,(H2,15,19). The number of thiocarbonyl (C=S) groups is 1. The summed E-state index contributed by atoms with van der Waals surface area (Å²) in [5.74, 6) is -1.91. The number of aromatic nitrogens is 1. The fourth-order valence-electron chi connectivity index (χ4n) is 1.39.